The number of thioether (sulfide) groups is 1. The summed E-state index contributed by atoms with van der Waals surface area (Å²) < 4.78 is 1.95. The Morgan fingerprint density at radius 3 is 2.76 bits per heavy atom. The third kappa shape index (κ3) is 4.49. The fourth-order valence-electron chi connectivity index (χ4n) is 3.06. The van der Waals surface area contributed by atoms with E-state index < -0.39 is 0 Å². The molecule has 136 valence electrons. The fraction of sp³-hybridized carbons (Fsp3) is 0.529. The highest BCUT2D eigenvalue weighted by atomic mass is 32.2. The molecule has 2 unspecified atom stereocenters. The number of hydrogen-bond acceptors (Lipinski definition) is 7. The van der Waals surface area contributed by atoms with Crippen LogP contribution in [0, 0.1) is 6.92 Å². The quantitative estimate of drug-likeness (QED) is 0.757. The van der Waals surface area contributed by atoms with Gasteiger partial charge >= 0.3 is 0 Å². The first-order chi connectivity index (χ1) is 12.1. The van der Waals surface area contributed by atoms with Crippen LogP contribution >= 0.6 is 23.7 Å². The number of carbonyl (C=O) groups excluding carboxylic acids is 1. The average Bonchev–Trinajstić information content (AvgIpc) is 3.04. The summed E-state index contributed by atoms with van der Waals surface area (Å²) in [4.78, 5) is 16.7. The van der Waals surface area contributed by atoms with E-state index in [1.165, 1.54) is 11.1 Å². The molecule has 1 saturated heterocycles. The lowest BCUT2D eigenvalue weighted by molar-refractivity contribution is -0.124. The van der Waals surface area contributed by atoms with Crippen LogP contribution in [0.15, 0.2) is 29.4 Å². The van der Waals surface area contributed by atoms with Gasteiger partial charge < -0.3 is 10.6 Å². The largest absolute Gasteiger partial charge is 0.368 e. The van der Waals surface area contributed by atoms with Gasteiger partial charge in [0.2, 0.25) is 5.91 Å². The topological polar surface area (TPSA) is 65.2 Å². The molecule has 1 aromatic rings. The van der Waals surface area contributed by atoms with Crippen molar-refractivity contribution in [3.05, 3.63) is 35.4 Å². The molecular weight excluding hydrogens is 354 g/mol. The van der Waals surface area contributed by atoms with Crippen molar-refractivity contribution in [2.24, 2.45) is 10.8 Å². The van der Waals surface area contributed by atoms with E-state index in [0.717, 1.165) is 31.9 Å². The number of carbonyl (C=O) groups is 1. The maximum atomic E-state index is 12.2. The molecule has 2 N–H and O–H groups in total. The molecule has 3 rings (SSSR count). The van der Waals surface area contributed by atoms with Crippen molar-refractivity contribution in [2.45, 2.75) is 24.1 Å². The average molecular weight is 380 g/mol. The molecule has 0 saturated carbocycles. The molecule has 0 radical (unpaired) electrons. The standard InChI is InChI=1S/C17H25N5OS2/c1-13-5-3-4-6-14(13)11-25-22-17(24-12-19-22)15(16(18)23)21-9-7-20(2)8-10-21/h3-6,12,15,17H,7-11H2,1-2H3,(H2,18,23). The number of likely N-dealkylation sites (N-methyl/N-ethyl adjacent to an activating group) is 1. The molecule has 1 amide bonds. The lowest BCUT2D eigenvalue weighted by atomic mass is 10.1. The molecule has 0 aliphatic carbocycles. The minimum absolute atomic E-state index is 0.0741. The highest BCUT2D eigenvalue weighted by Gasteiger charge is 2.39. The van der Waals surface area contributed by atoms with Crippen molar-refractivity contribution >= 4 is 35.2 Å². The minimum atomic E-state index is -0.328. The summed E-state index contributed by atoms with van der Waals surface area (Å²) in [6.07, 6.45) is 0. The van der Waals surface area contributed by atoms with Gasteiger partial charge in [-0.1, -0.05) is 36.0 Å². The number of rotatable bonds is 6. The zero-order valence-electron chi connectivity index (χ0n) is 14.7. The van der Waals surface area contributed by atoms with Gasteiger partial charge in [0.1, 0.15) is 11.4 Å². The molecule has 0 spiro atoms. The second-order valence-electron chi connectivity index (χ2n) is 6.44. The minimum Gasteiger partial charge on any atom is -0.368 e. The number of piperazine rings is 1. The SMILES string of the molecule is Cc1ccccc1CSN1N=CSC1C(C(N)=O)N1CCN(C)CC1. The smallest absolute Gasteiger partial charge is 0.237 e. The summed E-state index contributed by atoms with van der Waals surface area (Å²) >= 11 is 3.22. The fourth-order valence-corrected chi connectivity index (χ4v) is 5.32. The zero-order valence-corrected chi connectivity index (χ0v) is 16.3. The molecule has 25 heavy (non-hydrogen) atoms. The molecule has 2 atom stereocenters. The Morgan fingerprint density at radius 1 is 1.36 bits per heavy atom. The van der Waals surface area contributed by atoms with E-state index in [1.807, 2.05) is 16.0 Å². The van der Waals surface area contributed by atoms with E-state index in [4.69, 9.17) is 5.73 Å². The van der Waals surface area contributed by atoms with Crippen molar-refractivity contribution in [3.63, 3.8) is 0 Å². The molecule has 1 aromatic carbocycles. The predicted molar refractivity (Wildman–Crippen MR) is 106 cm³/mol. The van der Waals surface area contributed by atoms with Gasteiger partial charge in [-0.2, -0.15) is 5.10 Å². The van der Waals surface area contributed by atoms with Gasteiger partial charge in [-0.15, -0.1) is 0 Å². The Labute approximate surface area is 157 Å². The summed E-state index contributed by atoms with van der Waals surface area (Å²) in [5.74, 6) is 0.559. The molecule has 2 heterocycles. The summed E-state index contributed by atoms with van der Waals surface area (Å²) in [5, 5.41) is 4.39. The van der Waals surface area contributed by atoms with E-state index in [9.17, 15) is 4.79 Å². The molecule has 6 nitrogen and oxygen atoms in total. The first-order valence-corrected chi connectivity index (χ1v) is 10.3. The van der Waals surface area contributed by atoms with Gasteiger partial charge in [0.15, 0.2) is 0 Å². The monoisotopic (exact) mass is 379 g/mol. The van der Waals surface area contributed by atoms with Gasteiger partial charge in [0.05, 0.1) is 5.55 Å². The van der Waals surface area contributed by atoms with Gasteiger partial charge in [0.25, 0.3) is 0 Å². The van der Waals surface area contributed by atoms with Crippen LogP contribution in [0.25, 0.3) is 0 Å². The van der Waals surface area contributed by atoms with Crippen LogP contribution in [0.5, 0.6) is 0 Å². The van der Waals surface area contributed by atoms with Crippen LogP contribution in [-0.2, 0) is 10.5 Å². The zero-order chi connectivity index (χ0) is 17.8. The third-order valence-electron chi connectivity index (χ3n) is 4.69. The molecular formula is C17H25N5OS2. The highest BCUT2D eigenvalue weighted by molar-refractivity contribution is 8.13. The van der Waals surface area contributed by atoms with Crippen LogP contribution in [0.3, 0.4) is 0 Å². The van der Waals surface area contributed by atoms with Crippen LogP contribution in [0.2, 0.25) is 0 Å². The Morgan fingerprint density at radius 2 is 2.08 bits per heavy atom. The summed E-state index contributed by atoms with van der Waals surface area (Å²) in [6, 6.07) is 8.03. The molecule has 0 bridgehead atoms. The summed E-state index contributed by atoms with van der Waals surface area (Å²) in [5.41, 5.74) is 10.2. The number of primary amides is 1. The van der Waals surface area contributed by atoms with Gasteiger partial charge in [0, 0.05) is 31.9 Å². The Kier molecular flexibility index (Phi) is 6.27. The number of nitrogens with zero attached hydrogens (tertiary/aromatic N) is 4. The molecule has 8 heteroatoms. The van der Waals surface area contributed by atoms with Crippen molar-refractivity contribution < 1.29 is 4.79 Å². The van der Waals surface area contributed by atoms with Gasteiger partial charge in [-0.25, -0.2) is 4.41 Å². The number of hydrazone groups is 1. The lowest BCUT2D eigenvalue weighted by Crippen LogP contribution is -2.58. The molecule has 2 aliphatic rings. The second kappa shape index (κ2) is 8.44. The second-order valence-corrected chi connectivity index (χ2v) is 8.32. The Hall–Kier alpha value is -1.22. The number of amides is 1. The van der Waals surface area contributed by atoms with Crippen LogP contribution in [0.1, 0.15) is 11.1 Å². The van der Waals surface area contributed by atoms with Crippen LogP contribution in [-0.4, -0.2) is 70.3 Å². The van der Waals surface area contributed by atoms with E-state index in [1.54, 1.807) is 23.7 Å². The van der Waals surface area contributed by atoms with Crippen LogP contribution in [0.4, 0.5) is 0 Å². The molecule has 1 fully saturated rings. The third-order valence-corrected chi connectivity index (χ3v) is 6.80. The predicted octanol–water partition coefficient (Wildman–Crippen LogP) is 1.56. The van der Waals surface area contributed by atoms with Gasteiger partial charge in [-0.3, -0.25) is 9.69 Å². The number of benzene rings is 1. The molecule has 2 aliphatic heterocycles. The maximum Gasteiger partial charge on any atom is 0.237 e. The van der Waals surface area contributed by atoms with E-state index >= 15 is 0 Å². The summed E-state index contributed by atoms with van der Waals surface area (Å²) in [6.45, 7) is 5.75. The number of aryl methyl sites for hydroxylation is 1. The highest BCUT2D eigenvalue weighted by Crippen LogP contribution is 2.34. The Balaban J connectivity index is 1.66. The number of hydrogen-bond donors (Lipinski definition) is 1. The van der Waals surface area contributed by atoms with E-state index in [-0.39, 0.29) is 17.3 Å². The van der Waals surface area contributed by atoms with Crippen molar-refractivity contribution in [1.29, 1.82) is 0 Å². The first-order valence-electron chi connectivity index (χ1n) is 8.43. The molecule has 0 aromatic heterocycles. The van der Waals surface area contributed by atoms with Crippen molar-refractivity contribution in [2.75, 3.05) is 33.2 Å². The van der Waals surface area contributed by atoms with E-state index in [0.29, 0.717) is 0 Å². The lowest BCUT2D eigenvalue weighted by Gasteiger charge is -2.39. The number of nitrogens with two attached hydrogens (primary N) is 1. The van der Waals surface area contributed by atoms with Crippen LogP contribution < -0.4 is 5.73 Å². The summed E-state index contributed by atoms with van der Waals surface area (Å²) in [7, 11) is 2.11. The van der Waals surface area contributed by atoms with Crippen molar-refractivity contribution in [3.8, 4) is 0 Å². The first kappa shape index (κ1) is 18.6. The van der Waals surface area contributed by atoms with Gasteiger partial charge in [-0.05, 0) is 37.0 Å². The van der Waals surface area contributed by atoms with E-state index in [2.05, 4.69) is 47.1 Å². The maximum absolute atomic E-state index is 12.2. The van der Waals surface area contributed by atoms with Crippen molar-refractivity contribution in [1.82, 2.24) is 14.2 Å². The Bertz CT molecular complexity index is 633. The normalized spacial score (nSPS) is 23.1.